The molecule has 1 amide bonds. The van der Waals surface area contributed by atoms with Gasteiger partial charge in [-0.1, -0.05) is 11.8 Å². The molecule has 1 aromatic rings. The van der Waals surface area contributed by atoms with Crippen molar-refractivity contribution in [3.05, 3.63) is 29.8 Å². The molecule has 0 radical (unpaired) electrons. The third-order valence-corrected chi connectivity index (χ3v) is 7.21. The van der Waals surface area contributed by atoms with E-state index < -0.39 is 51.1 Å². The summed E-state index contributed by atoms with van der Waals surface area (Å²) in [6.45, 7) is 0. The van der Waals surface area contributed by atoms with Gasteiger partial charge in [-0.3, -0.25) is 4.79 Å². The second-order valence-corrected chi connectivity index (χ2v) is 9.29. The number of rotatable bonds is 4. The Balaban J connectivity index is 1.96. The molecule has 2 heterocycles. The molecule has 2 saturated heterocycles. The monoisotopic (exact) mass is 403 g/mol. The summed E-state index contributed by atoms with van der Waals surface area (Å²) in [6.07, 6.45) is -0.897. The third-order valence-electron chi connectivity index (χ3n) is 4.00. The van der Waals surface area contributed by atoms with Crippen LogP contribution in [0.3, 0.4) is 0 Å². The topological polar surface area (TPSA) is 107 Å². The van der Waals surface area contributed by atoms with E-state index in [1.807, 2.05) is 0 Å². The molecule has 2 aliphatic rings. The number of thioether (sulfide) groups is 1. The molecule has 7 nitrogen and oxygen atoms in total. The second kappa shape index (κ2) is 6.95. The van der Waals surface area contributed by atoms with Gasteiger partial charge in [0.25, 0.3) is 0 Å². The van der Waals surface area contributed by atoms with Crippen LogP contribution in [0.25, 0.3) is 0 Å². The standard InChI is InChI=1S/C15H14F2N2O5S2/c16-8-1-2-10(9(17)5-8)19-11-6-26(23,24)7-12(11)25-15(19)18-13(20)3-4-14(21)22/h1-2,5,11-12H,3-4,6-7H2,(H,21,22)/p-1/t11-,12-/m1/s1. The summed E-state index contributed by atoms with van der Waals surface area (Å²) in [4.78, 5) is 27.4. The number of amides is 1. The number of hydrogen-bond acceptors (Lipinski definition) is 6. The Bertz CT molecular complexity index is 903. The number of halogens is 2. The van der Waals surface area contributed by atoms with Crippen LogP contribution in [0.15, 0.2) is 23.2 Å². The zero-order valence-corrected chi connectivity index (χ0v) is 14.9. The number of carbonyl (C=O) groups is 2. The molecule has 0 spiro atoms. The van der Waals surface area contributed by atoms with E-state index in [1.165, 1.54) is 4.90 Å². The first-order chi connectivity index (χ1) is 12.2. The predicted molar refractivity (Wildman–Crippen MR) is 89.3 cm³/mol. The highest BCUT2D eigenvalue weighted by Gasteiger charge is 2.50. The number of benzene rings is 1. The number of nitrogens with zero attached hydrogens (tertiary/aromatic N) is 2. The van der Waals surface area contributed by atoms with E-state index in [1.54, 1.807) is 0 Å². The minimum Gasteiger partial charge on any atom is -0.550 e. The molecule has 0 unspecified atom stereocenters. The van der Waals surface area contributed by atoms with Crippen LogP contribution in [0.1, 0.15) is 12.8 Å². The summed E-state index contributed by atoms with van der Waals surface area (Å²) in [5.74, 6) is -4.24. The lowest BCUT2D eigenvalue weighted by atomic mass is 10.2. The lowest BCUT2D eigenvalue weighted by molar-refractivity contribution is -0.305. The molecule has 1 aromatic carbocycles. The quantitative estimate of drug-likeness (QED) is 0.702. The van der Waals surface area contributed by atoms with Crippen LogP contribution in [0, 0.1) is 11.6 Å². The number of hydrogen-bond donors (Lipinski definition) is 0. The molecule has 11 heteroatoms. The van der Waals surface area contributed by atoms with E-state index in [4.69, 9.17) is 0 Å². The Hall–Kier alpha value is -2.01. The van der Waals surface area contributed by atoms with E-state index in [9.17, 15) is 31.9 Å². The zero-order chi connectivity index (χ0) is 19.1. The molecule has 2 fully saturated rings. The number of aliphatic imine (C=N–C) groups is 1. The van der Waals surface area contributed by atoms with Crippen molar-refractivity contribution < 1.29 is 31.9 Å². The number of aliphatic carboxylic acids is 1. The van der Waals surface area contributed by atoms with Gasteiger partial charge in [0.1, 0.15) is 11.6 Å². The van der Waals surface area contributed by atoms with Crippen LogP contribution in [-0.2, 0) is 19.4 Å². The molecule has 26 heavy (non-hydrogen) atoms. The lowest BCUT2D eigenvalue weighted by Gasteiger charge is -2.24. The Kier molecular flexibility index (Phi) is 5.02. The number of carbonyl (C=O) groups excluding carboxylic acids is 2. The summed E-state index contributed by atoms with van der Waals surface area (Å²) >= 11 is 1.01. The Morgan fingerprint density at radius 1 is 1.27 bits per heavy atom. The summed E-state index contributed by atoms with van der Waals surface area (Å²) in [5, 5.41) is 10.1. The molecule has 2 aliphatic heterocycles. The summed E-state index contributed by atoms with van der Waals surface area (Å²) in [7, 11) is -3.33. The normalized spacial score (nSPS) is 25.5. The van der Waals surface area contributed by atoms with Crippen LogP contribution in [0.4, 0.5) is 14.5 Å². The van der Waals surface area contributed by atoms with E-state index in [2.05, 4.69) is 4.99 Å². The number of anilines is 1. The predicted octanol–water partition coefficient (Wildman–Crippen LogP) is 0.0963. The zero-order valence-electron chi connectivity index (χ0n) is 13.2. The molecule has 3 rings (SSSR count). The van der Waals surface area contributed by atoms with Crippen LogP contribution in [0.5, 0.6) is 0 Å². The Morgan fingerprint density at radius 2 is 2.00 bits per heavy atom. The first kappa shape index (κ1) is 18.8. The lowest BCUT2D eigenvalue weighted by Crippen LogP contribution is -2.38. The average Bonchev–Trinajstić information content (AvgIpc) is 2.97. The Labute approximate surface area is 152 Å². The number of sulfone groups is 1. The summed E-state index contributed by atoms with van der Waals surface area (Å²) < 4.78 is 51.2. The molecular formula is C15H13F2N2O5S2-. The SMILES string of the molecule is O=C([O-])CCC(=O)N=C1S[C@@H]2CS(=O)(=O)C[C@H]2N1c1ccc(F)cc1F. The van der Waals surface area contributed by atoms with Gasteiger partial charge in [-0.2, -0.15) is 4.99 Å². The van der Waals surface area contributed by atoms with E-state index >= 15 is 0 Å². The molecule has 0 aromatic heterocycles. The fourth-order valence-corrected chi connectivity index (χ4v) is 6.82. The minimum atomic E-state index is -3.33. The highest BCUT2D eigenvalue weighted by atomic mass is 32.2. The molecule has 0 N–H and O–H groups in total. The van der Waals surface area contributed by atoms with Gasteiger partial charge in [-0.25, -0.2) is 17.2 Å². The first-order valence-electron chi connectivity index (χ1n) is 7.59. The van der Waals surface area contributed by atoms with Crippen molar-refractivity contribution in [1.29, 1.82) is 0 Å². The number of amidine groups is 1. The van der Waals surface area contributed by atoms with Crippen LogP contribution in [-0.4, -0.2) is 48.3 Å². The van der Waals surface area contributed by atoms with Gasteiger partial charge in [0.15, 0.2) is 15.0 Å². The first-order valence-corrected chi connectivity index (χ1v) is 10.3. The van der Waals surface area contributed by atoms with Crippen LogP contribution < -0.4 is 10.0 Å². The average molecular weight is 403 g/mol. The highest BCUT2D eigenvalue weighted by Crippen LogP contribution is 2.41. The van der Waals surface area contributed by atoms with Crippen molar-refractivity contribution in [1.82, 2.24) is 0 Å². The van der Waals surface area contributed by atoms with Crippen molar-refractivity contribution in [3.63, 3.8) is 0 Å². The molecular weight excluding hydrogens is 390 g/mol. The molecule has 0 aliphatic carbocycles. The fraction of sp³-hybridized carbons (Fsp3) is 0.400. The Morgan fingerprint density at radius 3 is 2.65 bits per heavy atom. The summed E-state index contributed by atoms with van der Waals surface area (Å²) in [6, 6.07) is 2.19. The maximum atomic E-state index is 14.3. The van der Waals surface area contributed by atoms with Crippen LogP contribution >= 0.6 is 11.8 Å². The summed E-state index contributed by atoms with van der Waals surface area (Å²) in [5.41, 5.74) is -0.0880. The smallest absolute Gasteiger partial charge is 0.248 e. The van der Waals surface area contributed by atoms with Gasteiger partial charge in [0.2, 0.25) is 5.91 Å². The fourth-order valence-electron chi connectivity index (χ4n) is 2.89. The van der Waals surface area contributed by atoms with Crippen molar-refractivity contribution in [2.75, 3.05) is 16.4 Å². The molecule has 140 valence electrons. The van der Waals surface area contributed by atoms with Gasteiger partial charge in [-0.05, 0) is 18.6 Å². The van der Waals surface area contributed by atoms with Gasteiger partial charge in [-0.15, -0.1) is 0 Å². The van der Waals surface area contributed by atoms with Gasteiger partial charge >= 0.3 is 0 Å². The molecule has 0 saturated carbocycles. The van der Waals surface area contributed by atoms with E-state index in [0.29, 0.717) is 6.07 Å². The van der Waals surface area contributed by atoms with Crippen molar-refractivity contribution >= 4 is 44.3 Å². The maximum Gasteiger partial charge on any atom is 0.248 e. The number of fused-ring (bicyclic) bond motifs is 1. The maximum absolute atomic E-state index is 14.3. The van der Waals surface area contributed by atoms with E-state index in [0.717, 1.165) is 23.9 Å². The number of carboxylic acids is 1. The van der Waals surface area contributed by atoms with Crippen molar-refractivity contribution in [2.24, 2.45) is 4.99 Å². The van der Waals surface area contributed by atoms with Crippen molar-refractivity contribution in [3.8, 4) is 0 Å². The minimum absolute atomic E-state index is 0.0729. The van der Waals surface area contributed by atoms with Gasteiger partial charge in [0, 0.05) is 23.7 Å². The van der Waals surface area contributed by atoms with Gasteiger partial charge < -0.3 is 14.8 Å². The highest BCUT2D eigenvalue weighted by molar-refractivity contribution is 8.16. The molecule has 2 atom stereocenters. The second-order valence-electron chi connectivity index (χ2n) is 5.93. The third kappa shape index (κ3) is 3.88. The van der Waals surface area contributed by atoms with Crippen LogP contribution in [0.2, 0.25) is 0 Å². The largest absolute Gasteiger partial charge is 0.550 e. The number of carboxylic acid groups (broad SMARTS) is 1. The van der Waals surface area contributed by atoms with E-state index in [-0.39, 0.29) is 28.8 Å². The molecule has 0 bridgehead atoms. The van der Waals surface area contributed by atoms with Crippen molar-refractivity contribution in [2.45, 2.75) is 24.1 Å². The van der Waals surface area contributed by atoms with Gasteiger partial charge in [0.05, 0.1) is 23.2 Å².